The zero-order chi connectivity index (χ0) is 13.5. The highest BCUT2D eigenvalue weighted by Gasteiger charge is 2.11. The molecule has 0 amide bonds. The maximum absolute atomic E-state index is 9.72. The van der Waals surface area contributed by atoms with E-state index in [1.165, 1.54) is 7.11 Å². The number of nitrogens with zero attached hydrogens (tertiary/aromatic N) is 1. The van der Waals surface area contributed by atoms with Crippen molar-refractivity contribution in [3.05, 3.63) is 34.8 Å². The smallest absolute Gasteiger partial charge is 0.172 e. The van der Waals surface area contributed by atoms with E-state index in [1.807, 2.05) is 11.0 Å². The van der Waals surface area contributed by atoms with E-state index in [1.54, 1.807) is 12.1 Å². The minimum absolute atomic E-state index is 0.0960. The zero-order valence-electron chi connectivity index (χ0n) is 10.4. The number of aliphatic hydroxyl groups excluding tert-OH is 1. The first-order chi connectivity index (χ1) is 8.62. The SMILES string of the molecule is C=CCN(CCO)Cc1cc(Br)c(O)c(OC)c1. The summed E-state index contributed by atoms with van der Waals surface area (Å²) in [7, 11) is 1.51. The van der Waals surface area contributed by atoms with Crippen LogP contribution in [0.5, 0.6) is 11.5 Å². The average molecular weight is 316 g/mol. The highest BCUT2D eigenvalue weighted by molar-refractivity contribution is 9.10. The molecule has 0 heterocycles. The molecule has 18 heavy (non-hydrogen) atoms. The second-order valence-electron chi connectivity index (χ2n) is 3.88. The Labute approximate surface area is 116 Å². The third-order valence-corrected chi connectivity index (χ3v) is 3.12. The Morgan fingerprint density at radius 3 is 2.78 bits per heavy atom. The first-order valence-electron chi connectivity index (χ1n) is 5.61. The molecule has 1 aromatic carbocycles. The van der Waals surface area contributed by atoms with Crippen LogP contribution < -0.4 is 4.74 Å². The maximum Gasteiger partial charge on any atom is 0.172 e. The van der Waals surface area contributed by atoms with E-state index in [0.29, 0.717) is 29.9 Å². The fourth-order valence-electron chi connectivity index (χ4n) is 1.69. The Kier molecular flexibility index (Phi) is 6.18. The van der Waals surface area contributed by atoms with Gasteiger partial charge in [-0.25, -0.2) is 0 Å². The monoisotopic (exact) mass is 315 g/mol. The summed E-state index contributed by atoms with van der Waals surface area (Å²) in [4.78, 5) is 2.05. The Bertz CT molecular complexity index is 409. The lowest BCUT2D eigenvalue weighted by Gasteiger charge is -2.20. The number of phenolic OH excluding ortho intramolecular Hbond substituents is 1. The maximum atomic E-state index is 9.72. The Morgan fingerprint density at radius 1 is 1.50 bits per heavy atom. The van der Waals surface area contributed by atoms with Gasteiger partial charge in [0.1, 0.15) is 0 Å². The van der Waals surface area contributed by atoms with Crippen LogP contribution in [-0.4, -0.2) is 41.9 Å². The van der Waals surface area contributed by atoms with Gasteiger partial charge in [0.2, 0.25) is 0 Å². The van der Waals surface area contributed by atoms with Gasteiger partial charge in [-0.1, -0.05) is 6.08 Å². The minimum atomic E-state index is 0.0960. The number of methoxy groups -OCH3 is 1. The Balaban J connectivity index is 2.88. The van der Waals surface area contributed by atoms with Crippen molar-refractivity contribution >= 4 is 15.9 Å². The van der Waals surface area contributed by atoms with Crippen molar-refractivity contribution in [2.45, 2.75) is 6.54 Å². The van der Waals surface area contributed by atoms with Crippen LogP contribution in [0.2, 0.25) is 0 Å². The molecule has 0 saturated heterocycles. The molecule has 0 aliphatic rings. The van der Waals surface area contributed by atoms with Crippen LogP contribution in [0.15, 0.2) is 29.3 Å². The van der Waals surface area contributed by atoms with Crippen molar-refractivity contribution in [2.75, 3.05) is 26.8 Å². The molecule has 0 aliphatic carbocycles. The molecule has 0 aliphatic heterocycles. The molecule has 0 spiro atoms. The second kappa shape index (κ2) is 7.41. The van der Waals surface area contributed by atoms with Gasteiger partial charge in [-0.3, -0.25) is 4.90 Å². The Morgan fingerprint density at radius 2 is 2.22 bits per heavy atom. The summed E-state index contributed by atoms with van der Waals surface area (Å²) in [5, 5.41) is 18.7. The average Bonchev–Trinajstić information content (AvgIpc) is 2.34. The number of benzene rings is 1. The molecule has 4 nitrogen and oxygen atoms in total. The fraction of sp³-hybridized carbons (Fsp3) is 0.385. The lowest BCUT2D eigenvalue weighted by molar-refractivity contribution is 0.203. The molecular weight excluding hydrogens is 298 g/mol. The summed E-state index contributed by atoms with van der Waals surface area (Å²) in [6.45, 7) is 5.72. The number of hydrogen-bond acceptors (Lipinski definition) is 4. The third kappa shape index (κ3) is 4.01. The minimum Gasteiger partial charge on any atom is -0.503 e. The summed E-state index contributed by atoms with van der Waals surface area (Å²) in [6.07, 6.45) is 1.79. The van der Waals surface area contributed by atoms with Crippen molar-refractivity contribution in [3.63, 3.8) is 0 Å². The van der Waals surface area contributed by atoms with Gasteiger partial charge >= 0.3 is 0 Å². The molecule has 0 bridgehead atoms. The number of hydrogen-bond donors (Lipinski definition) is 2. The van der Waals surface area contributed by atoms with Gasteiger partial charge in [0.15, 0.2) is 11.5 Å². The molecule has 0 fully saturated rings. The first kappa shape index (κ1) is 15.0. The summed E-state index contributed by atoms with van der Waals surface area (Å²) in [6, 6.07) is 3.62. The standard InChI is InChI=1S/C13H18BrNO3/c1-3-4-15(5-6-16)9-10-7-11(14)13(17)12(8-10)18-2/h3,7-8,16-17H,1,4-6,9H2,2H3. The molecule has 0 radical (unpaired) electrons. The van der Waals surface area contributed by atoms with E-state index in [0.717, 1.165) is 5.56 Å². The van der Waals surface area contributed by atoms with Crippen LogP contribution in [0.1, 0.15) is 5.56 Å². The van der Waals surface area contributed by atoms with Gasteiger partial charge < -0.3 is 14.9 Å². The van der Waals surface area contributed by atoms with E-state index in [4.69, 9.17) is 9.84 Å². The molecule has 0 saturated carbocycles. The predicted octanol–water partition coefficient (Wildman–Crippen LogP) is 2.14. The van der Waals surface area contributed by atoms with Crippen LogP contribution in [-0.2, 0) is 6.54 Å². The highest BCUT2D eigenvalue weighted by Crippen LogP contribution is 2.35. The number of halogens is 1. The fourth-order valence-corrected chi connectivity index (χ4v) is 2.18. The summed E-state index contributed by atoms with van der Waals surface area (Å²) >= 11 is 3.29. The van der Waals surface area contributed by atoms with Crippen molar-refractivity contribution in [2.24, 2.45) is 0 Å². The quantitative estimate of drug-likeness (QED) is 0.757. The van der Waals surface area contributed by atoms with Crippen LogP contribution in [0.4, 0.5) is 0 Å². The number of phenols is 1. The van der Waals surface area contributed by atoms with Crippen molar-refractivity contribution in [3.8, 4) is 11.5 Å². The third-order valence-electron chi connectivity index (χ3n) is 2.52. The normalized spacial score (nSPS) is 10.7. The van der Waals surface area contributed by atoms with Gasteiger partial charge in [-0.15, -0.1) is 6.58 Å². The Hall–Kier alpha value is -1.04. The van der Waals surface area contributed by atoms with E-state index in [9.17, 15) is 5.11 Å². The molecule has 2 N–H and O–H groups in total. The van der Waals surface area contributed by atoms with Crippen LogP contribution in [0.25, 0.3) is 0 Å². The molecule has 1 rings (SSSR count). The largest absolute Gasteiger partial charge is 0.503 e. The van der Waals surface area contributed by atoms with Crippen molar-refractivity contribution < 1.29 is 14.9 Å². The summed E-state index contributed by atoms with van der Waals surface area (Å²) in [5.41, 5.74) is 0.992. The molecular formula is C13H18BrNO3. The van der Waals surface area contributed by atoms with Crippen molar-refractivity contribution in [1.29, 1.82) is 0 Å². The van der Waals surface area contributed by atoms with Gasteiger partial charge in [-0.2, -0.15) is 0 Å². The zero-order valence-corrected chi connectivity index (χ0v) is 12.0. The molecule has 0 aromatic heterocycles. The predicted molar refractivity (Wildman–Crippen MR) is 74.9 cm³/mol. The molecule has 0 atom stereocenters. The van der Waals surface area contributed by atoms with Crippen LogP contribution >= 0.6 is 15.9 Å². The van der Waals surface area contributed by atoms with Gasteiger partial charge in [0.25, 0.3) is 0 Å². The number of ether oxygens (including phenoxy) is 1. The highest BCUT2D eigenvalue weighted by atomic mass is 79.9. The van der Waals surface area contributed by atoms with E-state index in [-0.39, 0.29) is 12.4 Å². The molecule has 1 aromatic rings. The van der Waals surface area contributed by atoms with Crippen LogP contribution in [0.3, 0.4) is 0 Å². The molecule has 0 unspecified atom stereocenters. The van der Waals surface area contributed by atoms with E-state index < -0.39 is 0 Å². The number of aliphatic hydroxyl groups is 1. The summed E-state index contributed by atoms with van der Waals surface area (Å²) in [5.74, 6) is 0.528. The van der Waals surface area contributed by atoms with E-state index >= 15 is 0 Å². The first-order valence-corrected chi connectivity index (χ1v) is 6.41. The lowest BCUT2D eigenvalue weighted by atomic mass is 10.2. The molecule has 5 heteroatoms. The number of rotatable bonds is 7. The van der Waals surface area contributed by atoms with E-state index in [2.05, 4.69) is 22.5 Å². The van der Waals surface area contributed by atoms with Gasteiger partial charge in [0, 0.05) is 19.6 Å². The van der Waals surface area contributed by atoms with Gasteiger partial charge in [0.05, 0.1) is 18.2 Å². The topological polar surface area (TPSA) is 52.9 Å². The number of aromatic hydroxyl groups is 1. The summed E-state index contributed by atoms with van der Waals surface area (Å²) < 4.78 is 5.70. The van der Waals surface area contributed by atoms with Crippen LogP contribution in [0, 0.1) is 0 Å². The lowest BCUT2D eigenvalue weighted by Crippen LogP contribution is -2.26. The molecule has 100 valence electrons. The van der Waals surface area contributed by atoms with Crippen molar-refractivity contribution in [1.82, 2.24) is 4.90 Å². The second-order valence-corrected chi connectivity index (χ2v) is 4.73. The van der Waals surface area contributed by atoms with Gasteiger partial charge in [-0.05, 0) is 33.6 Å².